The molecule has 1 aliphatic carbocycles. The molecule has 0 aliphatic heterocycles. The van der Waals surface area contributed by atoms with E-state index in [-0.39, 0.29) is 22.4 Å². The molecule has 0 radical (unpaired) electrons. The maximum atomic E-state index is 11.4. The van der Waals surface area contributed by atoms with E-state index in [2.05, 4.69) is 4.98 Å². The highest BCUT2D eigenvalue weighted by Gasteiger charge is 2.34. The summed E-state index contributed by atoms with van der Waals surface area (Å²) >= 11 is 12.2. The molecule has 92 valence electrons. The van der Waals surface area contributed by atoms with Crippen molar-refractivity contribution in [3.05, 3.63) is 37.9 Å². The number of nitrogens with one attached hydrogen (secondary N) is 1. The second kappa shape index (κ2) is 4.35. The van der Waals surface area contributed by atoms with Gasteiger partial charge in [-0.15, -0.1) is 23.2 Å². The van der Waals surface area contributed by atoms with E-state index in [1.807, 2.05) is 0 Å². The third kappa shape index (κ3) is 2.07. The van der Waals surface area contributed by atoms with Crippen LogP contribution < -0.4 is 11.0 Å². The van der Waals surface area contributed by atoms with Crippen LogP contribution in [-0.2, 0) is 6.42 Å². The molecule has 0 saturated carbocycles. The van der Waals surface area contributed by atoms with Gasteiger partial charge in [0, 0.05) is 29.7 Å². The van der Waals surface area contributed by atoms with Gasteiger partial charge in [-0.25, -0.2) is 0 Å². The lowest BCUT2D eigenvalue weighted by atomic mass is 9.86. The van der Waals surface area contributed by atoms with Gasteiger partial charge in [-0.1, -0.05) is 6.92 Å². The number of rotatable bonds is 0. The van der Waals surface area contributed by atoms with Gasteiger partial charge in [-0.05, 0) is 0 Å². The van der Waals surface area contributed by atoms with E-state index < -0.39 is 11.0 Å². The van der Waals surface area contributed by atoms with Gasteiger partial charge in [0.05, 0.1) is 10.8 Å². The first-order valence-electron chi connectivity index (χ1n) is 5.19. The lowest BCUT2D eigenvalue weighted by Crippen LogP contribution is -2.31. The van der Waals surface area contributed by atoms with Crippen LogP contribution in [0.2, 0.25) is 0 Å². The molecule has 6 heteroatoms. The van der Waals surface area contributed by atoms with E-state index in [1.165, 1.54) is 0 Å². The van der Waals surface area contributed by atoms with Gasteiger partial charge in [0.15, 0.2) is 0 Å². The lowest BCUT2D eigenvalue weighted by molar-refractivity contribution is 0.453. The Balaban J connectivity index is 2.78. The molecule has 0 amide bonds. The molecule has 2 N–H and O–H groups in total. The summed E-state index contributed by atoms with van der Waals surface area (Å²) in [6.07, 6.45) is 0.326. The fourth-order valence-electron chi connectivity index (χ4n) is 2.14. The highest BCUT2D eigenvalue weighted by Crippen LogP contribution is 2.39. The van der Waals surface area contributed by atoms with Crippen molar-refractivity contribution >= 4 is 23.2 Å². The second-order valence-corrected chi connectivity index (χ2v) is 5.26. The first kappa shape index (κ1) is 12.5. The topological polar surface area (TPSA) is 70.2 Å². The number of aromatic amines is 1. The average Bonchev–Trinajstić information content (AvgIpc) is 2.34. The Kier molecular flexibility index (Phi) is 3.19. The molecular weight excluding hydrogens is 265 g/mol. The van der Waals surface area contributed by atoms with E-state index in [0.717, 1.165) is 6.07 Å². The van der Waals surface area contributed by atoms with Crippen molar-refractivity contribution in [2.45, 2.75) is 30.0 Å². The van der Waals surface area contributed by atoms with Crippen molar-refractivity contribution in [2.24, 2.45) is 0 Å². The molecule has 17 heavy (non-hydrogen) atoms. The second-order valence-electron chi connectivity index (χ2n) is 4.19. The third-order valence-electron chi connectivity index (χ3n) is 3.03. The minimum atomic E-state index is -0.777. The van der Waals surface area contributed by atoms with Crippen LogP contribution in [0.4, 0.5) is 0 Å². The molecule has 0 saturated heterocycles. The number of halogens is 2. The number of aromatic nitrogens is 1. The summed E-state index contributed by atoms with van der Waals surface area (Å²) in [5, 5.41) is 9.14. The lowest BCUT2D eigenvalue weighted by Gasteiger charge is -2.29. The van der Waals surface area contributed by atoms with E-state index >= 15 is 0 Å². The zero-order valence-corrected chi connectivity index (χ0v) is 10.5. The Bertz CT molecular complexity index is 570. The Labute approximate surface area is 107 Å². The molecule has 0 fully saturated rings. The smallest absolute Gasteiger partial charge is 0.296 e. The van der Waals surface area contributed by atoms with E-state index in [9.17, 15) is 14.7 Å². The largest absolute Gasteiger partial charge is 0.507 e. The zero-order chi connectivity index (χ0) is 12.7. The Morgan fingerprint density at radius 3 is 2.71 bits per heavy atom. The van der Waals surface area contributed by atoms with Crippen molar-refractivity contribution < 1.29 is 5.11 Å². The van der Waals surface area contributed by atoms with Crippen LogP contribution in [0.1, 0.15) is 24.1 Å². The molecule has 1 heterocycles. The number of fused-ring (bicyclic) bond motifs is 1. The Morgan fingerprint density at radius 1 is 1.41 bits per heavy atom. The number of hydrogen-bond acceptors (Lipinski definition) is 3. The first-order valence-corrected chi connectivity index (χ1v) is 6.06. The standard InChI is InChI=1S/C11H11Cl2NO3/c1-4-9-6(2-5(12)10(4)13)14-11(17)8(16)3-7(9)15/h3-5,10,15H,2H2,1H3,(H,14,16,17)/t4?,5-,10-/m0/s1. The molecule has 4 nitrogen and oxygen atoms in total. The fourth-order valence-corrected chi connectivity index (χ4v) is 2.72. The van der Waals surface area contributed by atoms with Crippen LogP contribution in [0.15, 0.2) is 15.7 Å². The first-order chi connectivity index (χ1) is 7.91. The molecule has 2 rings (SSSR count). The number of hydrogen-bond donors (Lipinski definition) is 2. The van der Waals surface area contributed by atoms with Crippen molar-refractivity contribution in [3.63, 3.8) is 0 Å². The molecule has 3 atom stereocenters. The van der Waals surface area contributed by atoms with Crippen molar-refractivity contribution in [3.8, 4) is 5.75 Å². The summed E-state index contributed by atoms with van der Waals surface area (Å²) in [5.41, 5.74) is -0.549. The van der Waals surface area contributed by atoms with Crippen LogP contribution >= 0.6 is 23.2 Å². The molecule has 0 bridgehead atoms. The Morgan fingerprint density at radius 2 is 2.06 bits per heavy atom. The number of aromatic hydroxyl groups is 1. The van der Waals surface area contributed by atoms with Crippen molar-refractivity contribution in [2.75, 3.05) is 0 Å². The SMILES string of the molecule is CC1c2c(O)cc(=O)c(=O)[nH]c2C[C@H](Cl)[C@H]1Cl. The predicted octanol–water partition coefficient (Wildman–Crippen LogP) is 1.32. The zero-order valence-electron chi connectivity index (χ0n) is 9.04. The van der Waals surface area contributed by atoms with Crippen LogP contribution in [0.25, 0.3) is 0 Å². The molecule has 1 aromatic heterocycles. The van der Waals surface area contributed by atoms with Crippen LogP contribution in [0, 0.1) is 0 Å². The van der Waals surface area contributed by atoms with Crippen LogP contribution in [-0.4, -0.2) is 20.8 Å². The Hall–Kier alpha value is -1.00. The highest BCUT2D eigenvalue weighted by molar-refractivity contribution is 6.30. The summed E-state index contributed by atoms with van der Waals surface area (Å²) in [4.78, 5) is 25.2. The molecule has 1 aromatic rings. The quantitative estimate of drug-likeness (QED) is 0.554. The van der Waals surface area contributed by atoms with Gasteiger partial charge in [-0.3, -0.25) is 9.59 Å². The molecule has 0 aromatic carbocycles. The molecule has 1 aliphatic rings. The monoisotopic (exact) mass is 275 g/mol. The number of alkyl halides is 2. The molecule has 1 unspecified atom stereocenters. The van der Waals surface area contributed by atoms with Gasteiger partial charge in [0.1, 0.15) is 5.75 Å². The minimum absolute atomic E-state index is 0.204. The van der Waals surface area contributed by atoms with Gasteiger partial charge < -0.3 is 10.1 Å². The van der Waals surface area contributed by atoms with Crippen LogP contribution in [0.3, 0.4) is 0 Å². The summed E-state index contributed by atoms with van der Waals surface area (Å²) in [5.74, 6) is -0.435. The summed E-state index contributed by atoms with van der Waals surface area (Å²) < 4.78 is 0. The summed E-state index contributed by atoms with van der Waals surface area (Å²) in [6.45, 7) is 1.80. The van der Waals surface area contributed by atoms with Gasteiger partial charge in [-0.2, -0.15) is 0 Å². The van der Waals surface area contributed by atoms with Crippen LogP contribution in [0.5, 0.6) is 5.75 Å². The maximum absolute atomic E-state index is 11.4. The van der Waals surface area contributed by atoms with Gasteiger partial charge >= 0.3 is 0 Å². The fraction of sp³-hybridized carbons (Fsp3) is 0.455. The maximum Gasteiger partial charge on any atom is 0.296 e. The third-order valence-corrected chi connectivity index (χ3v) is 4.27. The van der Waals surface area contributed by atoms with E-state index in [4.69, 9.17) is 23.2 Å². The number of H-pyrrole nitrogens is 1. The minimum Gasteiger partial charge on any atom is -0.507 e. The molecule has 0 spiro atoms. The van der Waals surface area contributed by atoms with Crippen molar-refractivity contribution in [1.82, 2.24) is 4.98 Å². The highest BCUT2D eigenvalue weighted by atomic mass is 35.5. The average molecular weight is 276 g/mol. The normalized spacial score (nSPS) is 27.6. The molecular formula is C11H11Cl2NO3. The van der Waals surface area contributed by atoms with Gasteiger partial charge in [0.25, 0.3) is 5.56 Å². The van der Waals surface area contributed by atoms with E-state index in [1.54, 1.807) is 6.92 Å². The van der Waals surface area contributed by atoms with Crippen molar-refractivity contribution in [1.29, 1.82) is 0 Å². The van der Waals surface area contributed by atoms with Gasteiger partial charge in [0.2, 0.25) is 5.43 Å². The summed E-state index contributed by atoms with van der Waals surface area (Å²) in [6, 6.07) is 0.923. The summed E-state index contributed by atoms with van der Waals surface area (Å²) in [7, 11) is 0. The predicted molar refractivity (Wildman–Crippen MR) is 66.4 cm³/mol. The van der Waals surface area contributed by atoms with E-state index in [0.29, 0.717) is 17.7 Å².